The second kappa shape index (κ2) is 44.5. The molecule has 0 aliphatic carbocycles. The summed E-state index contributed by atoms with van der Waals surface area (Å²) in [5.74, 6) is -1.06. The molecule has 0 bridgehead atoms. The highest BCUT2D eigenvalue weighted by Gasteiger charge is 2.33. The van der Waals surface area contributed by atoms with E-state index < -0.39 is 30.2 Å². The standard InChI is InChI=1S/C47H89NO10/c1-5-8-11-14-17-20-22-25-28-31-44(49)48-42(40-56-39-38-55-37-36-54-35-34-53-4)47(52)43(41-57-45(50)32-29-26-23-19-16-13-10-7-3)58-46(51)33-30-27-24-21-18-15-12-9-6-2/h12,15,42-43,47,52H,5-11,13-14,16-41H2,1-4H3,(H,48,49)/b15-12-/t42-,43-,47+/m0/s1. The quantitative estimate of drug-likeness (QED) is 0.0347. The first kappa shape index (κ1) is 55.9. The average Bonchev–Trinajstić information content (AvgIpc) is 3.22. The van der Waals surface area contributed by atoms with Gasteiger partial charge in [-0.15, -0.1) is 0 Å². The fraction of sp³-hybridized carbons (Fsp3) is 0.894. The van der Waals surface area contributed by atoms with Crippen molar-refractivity contribution in [2.45, 2.75) is 212 Å². The summed E-state index contributed by atoms with van der Waals surface area (Å²) in [6.07, 6.45) is 28.7. The van der Waals surface area contributed by atoms with E-state index in [0.29, 0.717) is 45.9 Å². The number of aliphatic hydroxyl groups excluding tert-OH is 1. The van der Waals surface area contributed by atoms with Gasteiger partial charge in [0.1, 0.15) is 12.7 Å². The average molecular weight is 828 g/mol. The number of hydrogen-bond donors (Lipinski definition) is 2. The number of esters is 2. The predicted octanol–water partition coefficient (Wildman–Crippen LogP) is 10.1. The number of unbranched alkanes of at least 4 members (excludes halogenated alkanes) is 20. The van der Waals surface area contributed by atoms with E-state index in [9.17, 15) is 19.5 Å². The van der Waals surface area contributed by atoms with Gasteiger partial charge in [0.25, 0.3) is 0 Å². The Labute approximate surface area is 354 Å². The molecule has 2 N–H and O–H groups in total. The SMILES string of the molecule is CCC/C=C\CCCCCCC(=O)O[C@@H](COC(=O)CCCCCCCCCC)[C@H](O)[C@H](COCCOCCOCCOC)NC(=O)CCCCCCCCCCC. The number of carbonyl (C=O) groups is 3. The first-order valence-electron chi connectivity index (χ1n) is 23.6. The second-order valence-corrected chi connectivity index (χ2v) is 15.7. The number of nitrogens with one attached hydrogen (secondary N) is 1. The van der Waals surface area contributed by atoms with Gasteiger partial charge in [0.15, 0.2) is 6.10 Å². The molecule has 0 fully saturated rings. The summed E-state index contributed by atoms with van der Waals surface area (Å²) < 4.78 is 33.3. The molecular weight excluding hydrogens is 739 g/mol. The number of ether oxygens (including phenoxy) is 6. The Bertz CT molecular complexity index is 948. The molecule has 0 heterocycles. The van der Waals surface area contributed by atoms with Crippen LogP contribution in [0.4, 0.5) is 0 Å². The van der Waals surface area contributed by atoms with Crippen LogP contribution in [0.15, 0.2) is 12.2 Å². The molecule has 0 aromatic rings. The molecule has 11 nitrogen and oxygen atoms in total. The third-order valence-corrected chi connectivity index (χ3v) is 10.2. The molecule has 0 rings (SSSR count). The highest BCUT2D eigenvalue weighted by Crippen LogP contribution is 2.15. The summed E-state index contributed by atoms with van der Waals surface area (Å²) in [5, 5.41) is 14.6. The summed E-state index contributed by atoms with van der Waals surface area (Å²) in [6.45, 7) is 8.61. The number of amides is 1. The molecule has 0 radical (unpaired) electrons. The number of hydrogen-bond acceptors (Lipinski definition) is 10. The summed E-state index contributed by atoms with van der Waals surface area (Å²) >= 11 is 0. The third-order valence-electron chi connectivity index (χ3n) is 10.2. The molecule has 58 heavy (non-hydrogen) atoms. The van der Waals surface area contributed by atoms with Crippen molar-refractivity contribution < 1.29 is 47.9 Å². The first-order chi connectivity index (χ1) is 28.4. The van der Waals surface area contributed by atoms with Crippen molar-refractivity contribution in [3.05, 3.63) is 12.2 Å². The molecule has 11 heteroatoms. The smallest absolute Gasteiger partial charge is 0.306 e. The van der Waals surface area contributed by atoms with Gasteiger partial charge in [0.05, 0.1) is 52.3 Å². The molecule has 342 valence electrons. The van der Waals surface area contributed by atoms with Crippen LogP contribution in [0.25, 0.3) is 0 Å². The zero-order valence-corrected chi connectivity index (χ0v) is 37.8. The molecule has 0 aromatic heterocycles. The highest BCUT2D eigenvalue weighted by atomic mass is 16.6. The van der Waals surface area contributed by atoms with E-state index in [0.717, 1.165) is 77.0 Å². The largest absolute Gasteiger partial charge is 0.462 e. The van der Waals surface area contributed by atoms with E-state index in [2.05, 4.69) is 38.2 Å². The first-order valence-corrected chi connectivity index (χ1v) is 23.6. The predicted molar refractivity (Wildman–Crippen MR) is 234 cm³/mol. The van der Waals surface area contributed by atoms with Gasteiger partial charge in [-0.2, -0.15) is 0 Å². The molecule has 0 unspecified atom stereocenters. The lowest BCUT2D eigenvalue weighted by atomic mass is 10.0. The summed E-state index contributed by atoms with van der Waals surface area (Å²) in [7, 11) is 1.62. The lowest BCUT2D eigenvalue weighted by Crippen LogP contribution is -2.53. The van der Waals surface area contributed by atoms with Crippen molar-refractivity contribution in [1.82, 2.24) is 5.32 Å². The van der Waals surface area contributed by atoms with Crippen molar-refractivity contribution in [2.75, 3.05) is 60.0 Å². The van der Waals surface area contributed by atoms with Crippen molar-refractivity contribution >= 4 is 17.8 Å². The van der Waals surface area contributed by atoms with E-state index in [-0.39, 0.29) is 38.6 Å². The van der Waals surface area contributed by atoms with Crippen LogP contribution in [0.3, 0.4) is 0 Å². The summed E-state index contributed by atoms with van der Waals surface area (Å²) in [4.78, 5) is 39.1. The normalized spacial score (nSPS) is 13.1. The number of allylic oxidation sites excluding steroid dienone is 2. The summed E-state index contributed by atoms with van der Waals surface area (Å²) in [6, 6.07) is -0.895. The van der Waals surface area contributed by atoms with Gasteiger partial charge < -0.3 is 38.8 Å². The molecule has 0 saturated heterocycles. The van der Waals surface area contributed by atoms with Crippen LogP contribution in [0.2, 0.25) is 0 Å². The van der Waals surface area contributed by atoms with Crippen LogP contribution in [0.1, 0.15) is 194 Å². The van der Waals surface area contributed by atoms with Crippen LogP contribution >= 0.6 is 0 Å². The van der Waals surface area contributed by atoms with Gasteiger partial charge in [-0.3, -0.25) is 14.4 Å². The van der Waals surface area contributed by atoms with Crippen molar-refractivity contribution in [2.24, 2.45) is 0 Å². The highest BCUT2D eigenvalue weighted by molar-refractivity contribution is 5.76. The van der Waals surface area contributed by atoms with Crippen molar-refractivity contribution in [1.29, 1.82) is 0 Å². The monoisotopic (exact) mass is 828 g/mol. The fourth-order valence-corrected chi connectivity index (χ4v) is 6.52. The lowest BCUT2D eigenvalue weighted by Gasteiger charge is -2.30. The van der Waals surface area contributed by atoms with Gasteiger partial charge in [0.2, 0.25) is 5.91 Å². The van der Waals surface area contributed by atoms with Crippen LogP contribution in [0, 0.1) is 0 Å². The molecule has 0 saturated carbocycles. The molecule has 0 aliphatic rings. The van der Waals surface area contributed by atoms with Gasteiger partial charge >= 0.3 is 11.9 Å². The number of carbonyl (C=O) groups excluding carboxylic acids is 3. The Kier molecular flexibility index (Phi) is 42.9. The zero-order chi connectivity index (χ0) is 42.6. The maximum Gasteiger partial charge on any atom is 0.306 e. The second-order valence-electron chi connectivity index (χ2n) is 15.7. The fourth-order valence-electron chi connectivity index (χ4n) is 6.52. The van der Waals surface area contributed by atoms with Gasteiger partial charge in [-0.05, 0) is 38.5 Å². The summed E-state index contributed by atoms with van der Waals surface area (Å²) in [5.41, 5.74) is 0. The number of rotatable bonds is 45. The maximum absolute atomic E-state index is 13.2. The van der Waals surface area contributed by atoms with E-state index in [1.165, 1.54) is 70.6 Å². The molecule has 0 aromatic carbocycles. The molecule has 0 spiro atoms. The Hall–Kier alpha value is -2.05. The minimum Gasteiger partial charge on any atom is -0.462 e. The van der Waals surface area contributed by atoms with Gasteiger partial charge in [-0.25, -0.2) is 0 Å². The van der Waals surface area contributed by atoms with E-state index in [4.69, 9.17) is 28.4 Å². The van der Waals surface area contributed by atoms with Gasteiger partial charge in [-0.1, -0.05) is 148 Å². The molecule has 3 atom stereocenters. The third kappa shape index (κ3) is 38.2. The van der Waals surface area contributed by atoms with E-state index in [1.807, 2.05) is 0 Å². The zero-order valence-electron chi connectivity index (χ0n) is 37.8. The lowest BCUT2D eigenvalue weighted by molar-refractivity contribution is -0.169. The molecular formula is C47H89NO10. The van der Waals surface area contributed by atoms with Crippen LogP contribution in [-0.2, 0) is 42.8 Å². The van der Waals surface area contributed by atoms with Crippen molar-refractivity contribution in [3.63, 3.8) is 0 Å². The minimum atomic E-state index is -1.36. The van der Waals surface area contributed by atoms with Crippen LogP contribution < -0.4 is 5.32 Å². The van der Waals surface area contributed by atoms with E-state index >= 15 is 0 Å². The Balaban J connectivity index is 5.37. The Morgan fingerprint density at radius 3 is 1.53 bits per heavy atom. The van der Waals surface area contributed by atoms with E-state index in [1.54, 1.807) is 7.11 Å². The Morgan fingerprint density at radius 1 is 0.517 bits per heavy atom. The number of methoxy groups -OCH3 is 1. The molecule has 1 amide bonds. The Morgan fingerprint density at radius 2 is 0.983 bits per heavy atom. The van der Waals surface area contributed by atoms with Crippen LogP contribution in [-0.4, -0.2) is 101 Å². The minimum absolute atomic E-state index is 0.0364. The molecule has 0 aliphatic heterocycles. The number of aliphatic hydroxyl groups is 1. The van der Waals surface area contributed by atoms with Crippen molar-refractivity contribution in [3.8, 4) is 0 Å². The maximum atomic E-state index is 13.2. The topological polar surface area (TPSA) is 139 Å². The van der Waals surface area contributed by atoms with Crippen LogP contribution in [0.5, 0.6) is 0 Å². The van der Waals surface area contributed by atoms with Gasteiger partial charge in [0, 0.05) is 26.4 Å².